The van der Waals surface area contributed by atoms with Crippen LogP contribution in [0, 0.1) is 0 Å². The number of benzene rings is 1. The first kappa shape index (κ1) is 18.4. The number of carbonyl (C=O) groups is 1. The molecule has 128 valence electrons. The number of ether oxygens (including phenoxy) is 1. The van der Waals surface area contributed by atoms with Crippen molar-refractivity contribution >= 4 is 38.9 Å². The average Bonchev–Trinajstić information content (AvgIpc) is 3.07. The highest BCUT2D eigenvalue weighted by Gasteiger charge is 2.27. The number of nitrogens with one attached hydrogen (secondary N) is 1. The number of furan rings is 1. The molecule has 0 saturated heterocycles. The number of hydrogen-bond donors (Lipinski definition) is 1. The van der Waals surface area contributed by atoms with Gasteiger partial charge in [0, 0.05) is 0 Å². The van der Waals surface area contributed by atoms with Gasteiger partial charge in [0.2, 0.25) is 9.84 Å². The molecule has 0 aliphatic rings. The summed E-state index contributed by atoms with van der Waals surface area (Å²) in [5.41, 5.74) is 0. The maximum absolute atomic E-state index is 12.6. The summed E-state index contributed by atoms with van der Waals surface area (Å²) in [7, 11) is -4.13. The van der Waals surface area contributed by atoms with Gasteiger partial charge in [-0.05, 0) is 43.3 Å². The van der Waals surface area contributed by atoms with E-state index in [4.69, 9.17) is 32.4 Å². The first-order valence-corrected chi connectivity index (χ1v) is 8.98. The number of amides is 1. The second kappa shape index (κ2) is 7.74. The summed E-state index contributed by atoms with van der Waals surface area (Å²) in [6.45, 7) is 2.26. The first-order chi connectivity index (χ1) is 11.4. The lowest BCUT2D eigenvalue weighted by molar-refractivity contribution is 0.0941. The van der Waals surface area contributed by atoms with Gasteiger partial charge >= 0.3 is 0 Å². The molecule has 0 radical (unpaired) electrons. The van der Waals surface area contributed by atoms with Crippen LogP contribution in [0.15, 0.2) is 61.5 Å². The predicted octanol–water partition coefficient (Wildman–Crippen LogP) is 3.49. The standard InChI is InChI=1S/C15H13Cl2NO5S/c1-2-22-10-5-7-11(8-6-10)24(20,21)15(13(16)17)18-14(19)12-4-3-9-23-12/h3-9H,2H2,1H3,(H,18,19). The Morgan fingerprint density at radius 1 is 1.21 bits per heavy atom. The van der Waals surface area contributed by atoms with Gasteiger partial charge in [0.15, 0.2) is 10.8 Å². The Morgan fingerprint density at radius 2 is 1.88 bits per heavy atom. The molecule has 0 aliphatic carbocycles. The van der Waals surface area contributed by atoms with E-state index < -0.39 is 25.3 Å². The van der Waals surface area contributed by atoms with Crippen molar-refractivity contribution in [3.8, 4) is 5.75 Å². The monoisotopic (exact) mass is 389 g/mol. The molecule has 1 aromatic heterocycles. The number of halogens is 2. The Hall–Kier alpha value is -1.96. The van der Waals surface area contributed by atoms with Crippen LogP contribution in [0.5, 0.6) is 5.75 Å². The summed E-state index contributed by atoms with van der Waals surface area (Å²) >= 11 is 11.3. The molecule has 1 N–H and O–H groups in total. The SMILES string of the molecule is CCOc1ccc(S(=O)(=O)C(NC(=O)c2ccco2)=C(Cl)Cl)cc1. The van der Waals surface area contributed by atoms with Gasteiger partial charge in [-0.1, -0.05) is 23.2 Å². The summed E-state index contributed by atoms with van der Waals surface area (Å²) in [5.74, 6) is -0.356. The summed E-state index contributed by atoms with van der Waals surface area (Å²) < 4.78 is 34.8. The molecule has 9 heteroatoms. The minimum absolute atomic E-state index is 0.0797. The molecule has 6 nitrogen and oxygen atoms in total. The van der Waals surface area contributed by atoms with E-state index in [1.54, 1.807) is 0 Å². The number of sulfone groups is 1. The number of rotatable bonds is 6. The Kier molecular flexibility index (Phi) is 5.93. The number of hydrogen-bond acceptors (Lipinski definition) is 5. The van der Waals surface area contributed by atoms with E-state index in [2.05, 4.69) is 5.32 Å². The molecule has 0 atom stereocenters. The summed E-state index contributed by atoms with van der Waals surface area (Å²) in [6.07, 6.45) is 1.28. The van der Waals surface area contributed by atoms with Crippen molar-refractivity contribution in [3.63, 3.8) is 0 Å². The minimum atomic E-state index is -4.13. The van der Waals surface area contributed by atoms with Gasteiger partial charge < -0.3 is 14.5 Å². The highest BCUT2D eigenvalue weighted by molar-refractivity contribution is 7.95. The van der Waals surface area contributed by atoms with E-state index in [-0.39, 0.29) is 10.7 Å². The lowest BCUT2D eigenvalue weighted by atomic mass is 10.3. The zero-order chi connectivity index (χ0) is 17.7. The molecule has 2 aromatic rings. The predicted molar refractivity (Wildman–Crippen MR) is 89.7 cm³/mol. The Labute approximate surface area is 148 Å². The van der Waals surface area contributed by atoms with E-state index in [1.807, 2.05) is 6.92 Å². The van der Waals surface area contributed by atoms with Gasteiger partial charge in [-0.3, -0.25) is 4.79 Å². The third-order valence-corrected chi connectivity index (χ3v) is 5.20. The molecular formula is C15H13Cl2NO5S. The van der Waals surface area contributed by atoms with Crippen LogP contribution in [0.4, 0.5) is 0 Å². The van der Waals surface area contributed by atoms with Crippen LogP contribution >= 0.6 is 23.2 Å². The lowest BCUT2D eigenvalue weighted by Gasteiger charge is -2.11. The normalized spacial score (nSPS) is 11.0. The quantitative estimate of drug-likeness (QED) is 0.816. The van der Waals surface area contributed by atoms with E-state index >= 15 is 0 Å². The van der Waals surface area contributed by atoms with Gasteiger partial charge in [0.1, 0.15) is 10.2 Å². The van der Waals surface area contributed by atoms with Crippen molar-refractivity contribution in [2.45, 2.75) is 11.8 Å². The molecule has 1 heterocycles. The van der Waals surface area contributed by atoms with Crippen molar-refractivity contribution in [1.82, 2.24) is 5.32 Å². The van der Waals surface area contributed by atoms with Gasteiger partial charge in [0.05, 0.1) is 17.8 Å². The molecule has 1 amide bonds. The Morgan fingerprint density at radius 3 is 2.38 bits per heavy atom. The maximum atomic E-state index is 12.6. The van der Waals surface area contributed by atoms with Gasteiger partial charge in [-0.25, -0.2) is 8.42 Å². The van der Waals surface area contributed by atoms with Crippen molar-refractivity contribution in [3.05, 3.63) is 57.9 Å². The van der Waals surface area contributed by atoms with E-state index in [9.17, 15) is 13.2 Å². The molecule has 0 fully saturated rings. The fourth-order valence-corrected chi connectivity index (χ4v) is 3.65. The molecule has 0 spiro atoms. The Balaban J connectivity index is 2.32. The van der Waals surface area contributed by atoms with Crippen molar-refractivity contribution in [1.29, 1.82) is 0 Å². The largest absolute Gasteiger partial charge is 0.494 e. The smallest absolute Gasteiger partial charge is 0.291 e. The zero-order valence-electron chi connectivity index (χ0n) is 12.5. The number of carbonyl (C=O) groups excluding carboxylic acids is 1. The maximum Gasteiger partial charge on any atom is 0.291 e. The zero-order valence-corrected chi connectivity index (χ0v) is 14.8. The van der Waals surface area contributed by atoms with E-state index in [1.165, 1.54) is 42.7 Å². The topological polar surface area (TPSA) is 85.6 Å². The second-order valence-corrected chi connectivity index (χ2v) is 7.26. The molecule has 0 bridgehead atoms. The van der Waals surface area contributed by atoms with Crippen LogP contribution in [-0.2, 0) is 9.84 Å². The van der Waals surface area contributed by atoms with Crippen molar-refractivity contribution < 1.29 is 22.4 Å². The molecule has 0 unspecified atom stereocenters. The van der Waals surface area contributed by atoms with Crippen LogP contribution in [0.2, 0.25) is 0 Å². The van der Waals surface area contributed by atoms with Gasteiger partial charge in [-0.15, -0.1) is 0 Å². The third kappa shape index (κ3) is 4.11. The van der Waals surface area contributed by atoms with Crippen molar-refractivity contribution in [2.75, 3.05) is 6.61 Å². The minimum Gasteiger partial charge on any atom is -0.494 e. The Bertz CT molecular complexity index is 838. The summed E-state index contributed by atoms with van der Waals surface area (Å²) in [4.78, 5) is 11.9. The molecule has 0 saturated carbocycles. The first-order valence-electron chi connectivity index (χ1n) is 6.74. The molecule has 2 rings (SSSR count). The van der Waals surface area contributed by atoms with Crippen LogP contribution in [0.1, 0.15) is 17.5 Å². The average molecular weight is 390 g/mol. The van der Waals surface area contributed by atoms with E-state index in [0.29, 0.717) is 12.4 Å². The fourth-order valence-electron chi connectivity index (χ4n) is 1.79. The molecule has 24 heavy (non-hydrogen) atoms. The molecule has 1 aromatic carbocycles. The summed E-state index contributed by atoms with van der Waals surface area (Å²) in [6, 6.07) is 8.50. The molecular weight excluding hydrogens is 377 g/mol. The van der Waals surface area contributed by atoms with Gasteiger partial charge in [0.25, 0.3) is 5.91 Å². The van der Waals surface area contributed by atoms with Crippen LogP contribution < -0.4 is 10.1 Å². The van der Waals surface area contributed by atoms with Crippen LogP contribution in [0.25, 0.3) is 0 Å². The second-order valence-electron chi connectivity index (χ2n) is 4.43. The van der Waals surface area contributed by atoms with Crippen LogP contribution in [-0.4, -0.2) is 20.9 Å². The summed E-state index contributed by atoms with van der Waals surface area (Å²) in [5, 5.41) is 1.53. The lowest BCUT2D eigenvalue weighted by Crippen LogP contribution is -2.27. The molecule has 0 aliphatic heterocycles. The highest BCUT2D eigenvalue weighted by Crippen LogP contribution is 2.26. The van der Waals surface area contributed by atoms with Crippen molar-refractivity contribution in [2.24, 2.45) is 0 Å². The van der Waals surface area contributed by atoms with E-state index in [0.717, 1.165) is 0 Å². The van der Waals surface area contributed by atoms with Gasteiger partial charge in [-0.2, -0.15) is 0 Å². The van der Waals surface area contributed by atoms with Crippen LogP contribution in [0.3, 0.4) is 0 Å². The highest BCUT2D eigenvalue weighted by atomic mass is 35.5. The fraction of sp³-hybridized carbons (Fsp3) is 0.133. The third-order valence-electron chi connectivity index (χ3n) is 2.86.